The Bertz CT molecular complexity index is 594. The lowest BCUT2D eigenvalue weighted by Gasteiger charge is -2.24. The third kappa shape index (κ3) is 4.63. The van der Waals surface area contributed by atoms with E-state index < -0.39 is 0 Å². The molecule has 1 atom stereocenters. The van der Waals surface area contributed by atoms with Gasteiger partial charge in [-0.2, -0.15) is 0 Å². The first-order valence-electron chi connectivity index (χ1n) is 6.95. The van der Waals surface area contributed by atoms with Gasteiger partial charge in [-0.05, 0) is 48.7 Å². The van der Waals surface area contributed by atoms with E-state index in [1.807, 2.05) is 43.3 Å². The summed E-state index contributed by atoms with van der Waals surface area (Å²) >= 11 is 12.1. The van der Waals surface area contributed by atoms with Crippen molar-refractivity contribution in [1.29, 1.82) is 0 Å². The summed E-state index contributed by atoms with van der Waals surface area (Å²) in [5, 5.41) is 1.49. The molecule has 2 aromatic carbocycles. The molecule has 0 spiro atoms. The minimum Gasteiger partial charge on any atom is -0.370 e. The minimum atomic E-state index is 0.119. The van der Waals surface area contributed by atoms with E-state index in [1.54, 1.807) is 0 Å². The van der Waals surface area contributed by atoms with E-state index in [9.17, 15) is 0 Å². The maximum absolute atomic E-state index is 6.15. The molecule has 0 saturated carbocycles. The molecule has 0 aromatic heterocycles. The Morgan fingerprint density at radius 2 is 1.67 bits per heavy atom. The van der Waals surface area contributed by atoms with E-state index in [2.05, 4.69) is 18.0 Å². The molecule has 4 heteroatoms. The highest BCUT2D eigenvalue weighted by Crippen LogP contribution is 2.26. The van der Waals surface area contributed by atoms with Crippen molar-refractivity contribution in [3.8, 4) is 0 Å². The van der Waals surface area contributed by atoms with Crippen molar-refractivity contribution in [1.82, 2.24) is 0 Å². The van der Waals surface area contributed by atoms with Crippen LogP contribution in [0.15, 0.2) is 42.5 Å². The van der Waals surface area contributed by atoms with Crippen LogP contribution < -0.4 is 10.6 Å². The van der Waals surface area contributed by atoms with Gasteiger partial charge < -0.3 is 10.6 Å². The molecule has 21 heavy (non-hydrogen) atoms. The third-order valence-electron chi connectivity index (χ3n) is 3.33. The summed E-state index contributed by atoms with van der Waals surface area (Å²) in [6.07, 6.45) is 0.831. The Hall–Kier alpha value is -1.22. The average molecular weight is 323 g/mol. The molecule has 0 fully saturated rings. The lowest BCUT2D eigenvalue weighted by molar-refractivity contribution is 0.734. The van der Waals surface area contributed by atoms with E-state index in [1.165, 1.54) is 11.1 Å². The number of anilines is 1. The minimum absolute atomic E-state index is 0.119. The summed E-state index contributed by atoms with van der Waals surface area (Å²) in [7, 11) is 2.06. The Balaban J connectivity index is 2.22. The molecular weight excluding hydrogens is 303 g/mol. The fraction of sp³-hybridized carbons (Fsp3) is 0.294. The first-order valence-corrected chi connectivity index (χ1v) is 7.71. The second-order valence-corrected chi connectivity index (χ2v) is 6.31. The highest BCUT2D eigenvalue weighted by molar-refractivity contribution is 6.31. The van der Waals surface area contributed by atoms with E-state index in [0.717, 1.165) is 28.7 Å². The lowest BCUT2D eigenvalue weighted by Crippen LogP contribution is -2.22. The Labute approximate surface area is 136 Å². The second-order valence-electron chi connectivity index (χ2n) is 5.44. The zero-order valence-corrected chi connectivity index (χ0v) is 13.8. The van der Waals surface area contributed by atoms with Gasteiger partial charge >= 0.3 is 0 Å². The molecule has 0 amide bonds. The number of nitrogens with two attached hydrogens (primary N) is 1. The molecule has 0 aliphatic heterocycles. The van der Waals surface area contributed by atoms with Crippen LogP contribution in [-0.4, -0.2) is 13.1 Å². The molecule has 2 nitrogen and oxygen atoms in total. The van der Waals surface area contributed by atoms with Gasteiger partial charge in [0.2, 0.25) is 0 Å². The van der Waals surface area contributed by atoms with Crippen molar-refractivity contribution in [2.24, 2.45) is 5.73 Å². The van der Waals surface area contributed by atoms with E-state index in [-0.39, 0.29) is 6.04 Å². The van der Waals surface area contributed by atoms with Gasteiger partial charge in [0.05, 0.1) is 0 Å². The fourth-order valence-electron chi connectivity index (χ4n) is 2.36. The van der Waals surface area contributed by atoms with Gasteiger partial charge in [-0.1, -0.05) is 41.4 Å². The highest BCUT2D eigenvalue weighted by Gasteiger charge is 2.10. The predicted octanol–water partition coefficient (Wildman–Crippen LogP) is 4.52. The van der Waals surface area contributed by atoms with Crippen molar-refractivity contribution in [3.05, 3.63) is 63.6 Å². The van der Waals surface area contributed by atoms with Crippen LogP contribution in [-0.2, 0) is 13.0 Å². The fourth-order valence-corrected chi connectivity index (χ4v) is 2.65. The van der Waals surface area contributed by atoms with Gasteiger partial charge in [0, 0.05) is 35.4 Å². The van der Waals surface area contributed by atoms with Gasteiger partial charge in [-0.3, -0.25) is 0 Å². The van der Waals surface area contributed by atoms with Crippen LogP contribution in [0.4, 0.5) is 5.69 Å². The molecule has 2 aromatic rings. The summed E-state index contributed by atoms with van der Waals surface area (Å²) < 4.78 is 0. The van der Waals surface area contributed by atoms with Crippen LogP contribution in [0.3, 0.4) is 0 Å². The second kappa shape index (κ2) is 7.17. The van der Waals surface area contributed by atoms with E-state index >= 15 is 0 Å². The molecule has 112 valence electrons. The van der Waals surface area contributed by atoms with Crippen molar-refractivity contribution >= 4 is 28.9 Å². The van der Waals surface area contributed by atoms with Crippen LogP contribution in [0.1, 0.15) is 18.1 Å². The molecule has 2 N–H and O–H groups in total. The smallest absolute Gasteiger partial charge is 0.0426 e. The van der Waals surface area contributed by atoms with Crippen LogP contribution in [0, 0.1) is 0 Å². The molecular formula is C17H20Cl2N2. The number of benzene rings is 2. The number of hydrogen-bond donors (Lipinski definition) is 1. The molecule has 0 bridgehead atoms. The molecule has 0 heterocycles. The topological polar surface area (TPSA) is 29.3 Å². The molecule has 0 aliphatic rings. The third-order valence-corrected chi connectivity index (χ3v) is 3.82. The maximum Gasteiger partial charge on any atom is 0.0426 e. The highest BCUT2D eigenvalue weighted by atomic mass is 35.5. The standard InChI is InChI=1S/C17H20Cl2N2/c1-12(20)9-14-5-8-16(19)10-17(14)21(2)11-13-3-6-15(18)7-4-13/h3-8,10,12H,9,11,20H2,1-2H3. The van der Waals surface area contributed by atoms with Crippen LogP contribution in [0.5, 0.6) is 0 Å². The van der Waals surface area contributed by atoms with Gasteiger partial charge in [0.15, 0.2) is 0 Å². The molecule has 0 saturated heterocycles. The van der Waals surface area contributed by atoms with Crippen molar-refractivity contribution in [2.75, 3.05) is 11.9 Å². The summed E-state index contributed by atoms with van der Waals surface area (Å²) in [6, 6.07) is 14.0. The zero-order valence-electron chi connectivity index (χ0n) is 12.3. The lowest BCUT2D eigenvalue weighted by atomic mass is 10.0. The quantitative estimate of drug-likeness (QED) is 0.876. The monoisotopic (exact) mass is 322 g/mol. The van der Waals surface area contributed by atoms with E-state index in [0.29, 0.717) is 0 Å². The SMILES string of the molecule is CC(N)Cc1ccc(Cl)cc1N(C)Cc1ccc(Cl)cc1. The summed E-state index contributed by atoms with van der Waals surface area (Å²) in [5.74, 6) is 0. The molecule has 2 rings (SSSR count). The van der Waals surface area contributed by atoms with Crippen LogP contribution in [0.25, 0.3) is 0 Å². The van der Waals surface area contributed by atoms with Gasteiger partial charge in [0.25, 0.3) is 0 Å². The number of nitrogens with zero attached hydrogens (tertiary/aromatic N) is 1. The molecule has 1 unspecified atom stereocenters. The molecule has 0 radical (unpaired) electrons. The summed E-state index contributed by atoms with van der Waals surface area (Å²) in [4.78, 5) is 2.19. The Morgan fingerprint density at radius 3 is 2.29 bits per heavy atom. The van der Waals surface area contributed by atoms with Crippen LogP contribution in [0.2, 0.25) is 10.0 Å². The Morgan fingerprint density at radius 1 is 1.05 bits per heavy atom. The zero-order chi connectivity index (χ0) is 15.4. The average Bonchev–Trinajstić information content (AvgIpc) is 2.43. The normalized spacial score (nSPS) is 12.2. The number of halogens is 2. The van der Waals surface area contributed by atoms with Gasteiger partial charge in [-0.15, -0.1) is 0 Å². The first-order chi connectivity index (χ1) is 9.95. The van der Waals surface area contributed by atoms with Crippen molar-refractivity contribution < 1.29 is 0 Å². The maximum atomic E-state index is 6.15. The van der Waals surface area contributed by atoms with Gasteiger partial charge in [0.1, 0.15) is 0 Å². The van der Waals surface area contributed by atoms with Crippen LogP contribution >= 0.6 is 23.2 Å². The van der Waals surface area contributed by atoms with Gasteiger partial charge in [-0.25, -0.2) is 0 Å². The molecule has 0 aliphatic carbocycles. The van der Waals surface area contributed by atoms with E-state index in [4.69, 9.17) is 28.9 Å². The number of hydrogen-bond acceptors (Lipinski definition) is 2. The predicted molar refractivity (Wildman–Crippen MR) is 92.4 cm³/mol. The summed E-state index contributed by atoms with van der Waals surface area (Å²) in [5.41, 5.74) is 9.47. The largest absolute Gasteiger partial charge is 0.370 e. The number of rotatable bonds is 5. The van der Waals surface area contributed by atoms with Crippen molar-refractivity contribution in [2.45, 2.75) is 25.9 Å². The first kappa shape index (κ1) is 16.2. The summed E-state index contributed by atoms with van der Waals surface area (Å²) in [6.45, 7) is 2.81. The van der Waals surface area contributed by atoms with Crippen molar-refractivity contribution in [3.63, 3.8) is 0 Å². The Kier molecular flexibility index (Phi) is 5.51.